The number of aromatic nitrogens is 1. The van der Waals surface area contributed by atoms with Crippen LogP contribution in [0.4, 0.5) is 13.2 Å². The lowest BCUT2D eigenvalue weighted by molar-refractivity contribution is -0.137. The SMILES string of the molecule is C=CCc1cn(-c2ccc(Oc3ccc(C(F)(F)F)cc3)cc2)c2ccccc12.CC. The Hall–Kier alpha value is -3.47. The first-order chi connectivity index (χ1) is 15.0. The van der Waals surface area contributed by atoms with E-state index in [1.165, 1.54) is 23.1 Å². The van der Waals surface area contributed by atoms with E-state index in [-0.39, 0.29) is 0 Å². The van der Waals surface area contributed by atoms with E-state index in [1.807, 2.05) is 44.2 Å². The Morgan fingerprint density at radius 3 is 2.03 bits per heavy atom. The van der Waals surface area contributed by atoms with Gasteiger partial charge in [0.15, 0.2) is 0 Å². The number of fused-ring (bicyclic) bond motifs is 1. The number of allylic oxidation sites excluding steroid dienone is 1. The normalized spacial score (nSPS) is 11.0. The highest BCUT2D eigenvalue weighted by Gasteiger charge is 2.30. The molecule has 0 aliphatic carbocycles. The monoisotopic (exact) mass is 423 g/mol. The number of para-hydroxylation sites is 1. The summed E-state index contributed by atoms with van der Waals surface area (Å²) in [6, 6.07) is 20.3. The van der Waals surface area contributed by atoms with Crippen molar-refractivity contribution in [2.45, 2.75) is 26.4 Å². The first-order valence-corrected chi connectivity index (χ1v) is 10.1. The van der Waals surface area contributed by atoms with Crippen LogP contribution in [0.3, 0.4) is 0 Å². The van der Waals surface area contributed by atoms with Gasteiger partial charge in [-0.05, 0) is 66.6 Å². The average Bonchev–Trinajstić information content (AvgIpc) is 3.14. The molecule has 1 heterocycles. The maximum absolute atomic E-state index is 12.7. The molecule has 0 aliphatic heterocycles. The van der Waals surface area contributed by atoms with Crippen molar-refractivity contribution < 1.29 is 17.9 Å². The fraction of sp³-hybridized carbons (Fsp3) is 0.154. The van der Waals surface area contributed by atoms with E-state index in [2.05, 4.69) is 29.5 Å². The van der Waals surface area contributed by atoms with Crippen LogP contribution < -0.4 is 4.74 Å². The summed E-state index contributed by atoms with van der Waals surface area (Å²) >= 11 is 0. The van der Waals surface area contributed by atoms with Crippen LogP contribution in [-0.2, 0) is 12.6 Å². The van der Waals surface area contributed by atoms with E-state index in [0.29, 0.717) is 11.5 Å². The zero-order valence-electron chi connectivity index (χ0n) is 17.5. The third-order valence-electron chi connectivity index (χ3n) is 4.69. The van der Waals surface area contributed by atoms with Crippen molar-refractivity contribution >= 4 is 10.9 Å². The maximum Gasteiger partial charge on any atom is 0.416 e. The van der Waals surface area contributed by atoms with Gasteiger partial charge >= 0.3 is 6.18 Å². The topological polar surface area (TPSA) is 14.2 Å². The van der Waals surface area contributed by atoms with Crippen LogP contribution in [0, 0.1) is 0 Å². The summed E-state index contributed by atoms with van der Waals surface area (Å²) in [6.07, 6.45) is 0.401. The number of halogens is 3. The minimum atomic E-state index is -4.36. The Morgan fingerprint density at radius 1 is 0.871 bits per heavy atom. The molecule has 5 heteroatoms. The summed E-state index contributed by atoms with van der Waals surface area (Å²) < 4.78 is 45.8. The molecule has 0 fully saturated rings. The van der Waals surface area contributed by atoms with Crippen molar-refractivity contribution in [3.8, 4) is 17.2 Å². The molecule has 0 unspecified atom stereocenters. The summed E-state index contributed by atoms with van der Waals surface area (Å²) in [5, 5.41) is 1.18. The van der Waals surface area contributed by atoms with Gasteiger partial charge in [0, 0.05) is 17.3 Å². The van der Waals surface area contributed by atoms with Crippen molar-refractivity contribution in [2.24, 2.45) is 0 Å². The smallest absolute Gasteiger partial charge is 0.416 e. The van der Waals surface area contributed by atoms with Gasteiger partial charge < -0.3 is 9.30 Å². The molecular weight excluding hydrogens is 399 g/mol. The third-order valence-corrected chi connectivity index (χ3v) is 4.69. The van der Waals surface area contributed by atoms with Crippen LogP contribution in [0.25, 0.3) is 16.6 Å². The number of hydrogen-bond donors (Lipinski definition) is 0. The summed E-state index contributed by atoms with van der Waals surface area (Å²) in [5.74, 6) is 0.904. The molecule has 0 amide bonds. The fourth-order valence-electron chi connectivity index (χ4n) is 3.30. The summed E-state index contributed by atoms with van der Waals surface area (Å²) in [7, 11) is 0. The molecule has 1 aromatic heterocycles. The Labute approximate surface area is 180 Å². The molecule has 0 saturated heterocycles. The quantitative estimate of drug-likeness (QED) is 0.295. The molecule has 31 heavy (non-hydrogen) atoms. The standard InChI is InChI=1S/C24H18F3NO.C2H6/c1-2-5-17-16-28(23-7-4-3-6-22(17)23)19-10-14-21(15-11-19)29-20-12-8-18(9-13-20)24(25,26)27;1-2/h2-4,6-16H,1,5H2;1-2H3. The molecule has 2 nitrogen and oxygen atoms in total. The molecule has 160 valence electrons. The van der Waals surface area contributed by atoms with Crippen LogP contribution >= 0.6 is 0 Å². The largest absolute Gasteiger partial charge is 0.457 e. The average molecular weight is 423 g/mol. The lowest BCUT2D eigenvalue weighted by Gasteiger charge is -2.10. The third kappa shape index (κ3) is 5.00. The highest BCUT2D eigenvalue weighted by molar-refractivity contribution is 5.85. The van der Waals surface area contributed by atoms with E-state index in [0.717, 1.165) is 29.8 Å². The van der Waals surface area contributed by atoms with Crippen molar-refractivity contribution in [3.63, 3.8) is 0 Å². The second-order valence-corrected chi connectivity index (χ2v) is 6.65. The van der Waals surface area contributed by atoms with Gasteiger partial charge in [0.25, 0.3) is 0 Å². The van der Waals surface area contributed by atoms with E-state index >= 15 is 0 Å². The van der Waals surface area contributed by atoms with Gasteiger partial charge in [-0.15, -0.1) is 6.58 Å². The molecule has 0 saturated carbocycles. The summed E-state index contributed by atoms with van der Waals surface area (Å²) in [5.41, 5.74) is 2.56. The van der Waals surface area contributed by atoms with Gasteiger partial charge in [-0.1, -0.05) is 38.1 Å². The van der Waals surface area contributed by atoms with Gasteiger partial charge in [0.05, 0.1) is 11.1 Å². The molecule has 4 aromatic rings. The lowest BCUT2D eigenvalue weighted by Crippen LogP contribution is -2.03. The Kier molecular flexibility index (Phi) is 6.85. The van der Waals surface area contributed by atoms with Crippen LogP contribution in [0.5, 0.6) is 11.5 Å². The van der Waals surface area contributed by atoms with Crippen LogP contribution in [0.15, 0.2) is 91.6 Å². The van der Waals surface area contributed by atoms with Crippen molar-refractivity contribution in [2.75, 3.05) is 0 Å². The van der Waals surface area contributed by atoms with Crippen LogP contribution in [-0.4, -0.2) is 4.57 Å². The molecule has 0 atom stereocenters. The zero-order chi connectivity index (χ0) is 22.4. The highest BCUT2D eigenvalue weighted by atomic mass is 19.4. The van der Waals surface area contributed by atoms with Crippen molar-refractivity contribution in [1.82, 2.24) is 4.57 Å². The summed E-state index contributed by atoms with van der Waals surface area (Å²) in [4.78, 5) is 0. The predicted octanol–water partition coefficient (Wildman–Crippen LogP) is 8.20. The Bertz CT molecular complexity index is 1140. The Balaban J connectivity index is 0.00000132. The maximum atomic E-state index is 12.7. The number of ether oxygens (including phenoxy) is 1. The number of benzene rings is 3. The summed E-state index contributed by atoms with van der Waals surface area (Å²) in [6.45, 7) is 7.83. The molecule has 0 N–H and O–H groups in total. The number of alkyl halides is 3. The molecule has 0 aliphatic rings. The molecule has 3 aromatic carbocycles. The van der Waals surface area contributed by atoms with Gasteiger partial charge in [-0.2, -0.15) is 13.2 Å². The van der Waals surface area contributed by atoms with Gasteiger partial charge in [-0.3, -0.25) is 0 Å². The number of hydrogen-bond acceptors (Lipinski definition) is 1. The van der Waals surface area contributed by atoms with E-state index in [4.69, 9.17) is 4.74 Å². The first kappa shape index (κ1) is 22.2. The highest BCUT2D eigenvalue weighted by Crippen LogP contribution is 2.32. The van der Waals surface area contributed by atoms with E-state index in [1.54, 1.807) is 12.1 Å². The van der Waals surface area contributed by atoms with Crippen LogP contribution in [0.2, 0.25) is 0 Å². The number of rotatable bonds is 5. The van der Waals surface area contributed by atoms with Crippen molar-refractivity contribution in [3.05, 3.63) is 103 Å². The lowest BCUT2D eigenvalue weighted by atomic mass is 10.1. The minimum Gasteiger partial charge on any atom is -0.457 e. The van der Waals surface area contributed by atoms with Crippen molar-refractivity contribution in [1.29, 1.82) is 0 Å². The second kappa shape index (κ2) is 9.56. The van der Waals surface area contributed by atoms with Gasteiger partial charge in [0.1, 0.15) is 11.5 Å². The molecule has 0 spiro atoms. The number of nitrogens with zero attached hydrogens (tertiary/aromatic N) is 1. The molecule has 0 radical (unpaired) electrons. The van der Waals surface area contributed by atoms with Crippen LogP contribution in [0.1, 0.15) is 25.0 Å². The fourth-order valence-corrected chi connectivity index (χ4v) is 3.30. The Morgan fingerprint density at radius 2 is 1.45 bits per heavy atom. The minimum absolute atomic E-state index is 0.352. The molecule has 4 rings (SSSR count). The molecule has 0 bridgehead atoms. The first-order valence-electron chi connectivity index (χ1n) is 10.1. The predicted molar refractivity (Wildman–Crippen MR) is 120 cm³/mol. The zero-order valence-corrected chi connectivity index (χ0v) is 17.5. The second-order valence-electron chi connectivity index (χ2n) is 6.65. The molecular formula is C26H24F3NO. The van der Waals surface area contributed by atoms with Gasteiger partial charge in [-0.25, -0.2) is 0 Å². The van der Waals surface area contributed by atoms with Gasteiger partial charge in [0.2, 0.25) is 0 Å². The van der Waals surface area contributed by atoms with E-state index < -0.39 is 11.7 Å². The van der Waals surface area contributed by atoms with E-state index in [9.17, 15) is 13.2 Å².